The first-order valence-corrected chi connectivity index (χ1v) is 7.70. The standard InChI is InChI=1S/C16H23ClN2O2/c1-12(2)18(3)16(20)11-19-8-9-21-15(10-19)13-4-6-14(17)7-5-13/h4-7,12,15H,8-11H2,1-3H3/t15-/m1/s1. The van der Waals surface area contributed by atoms with Gasteiger partial charge in [-0.15, -0.1) is 0 Å². The van der Waals surface area contributed by atoms with Crippen molar-refractivity contribution in [2.75, 3.05) is 33.3 Å². The molecule has 2 rings (SSSR count). The van der Waals surface area contributed by atoms with Crippen molar-refractivity contribution in [3.63, 3.8) is 0 Å². The van der Waals surface area contributed by atoms with E-state index in [4.69, 9.17) is 16.3 Å². The third-order valence-electron chi connectivity index (χ3n) is 3.92. The Hall–Kier alpha value is -1.10. The summed E-state index contributed by atoms with van der Waals surface area (Å²) in [5.41, 5.74) is 1.11. The molecule has 0 unspecified atom stereocenters. The maximum atomic E-state index is 12.2. The topological polar surface area (TPSA) is 32.8 Å². The molecule has 0 bridgehead atoms. The molecule has 1 saturated heterocycles. The third-order valence-corrected chi connectivity index (χ3v) is 4.17. The summed E-state index contributed by atoms with van der Waals surface area (Å²) in [6, 6.07) is 7.94. The van der Waals surface area contributed by atoms with Crippen molar-refractivity contribution in [2.45, 2.75) is 26.0 Å². The van der Waals surface area contributed by atoms with Crippen molar-refractivity contribution in [2.24, 2.45) is 0 Å². The van der Waals surface area contributed by atoms with E-state index in [1.807, 2.05) is 45.2 Å². The average Bonchev–Trinajstić information content (AvgIpc) is 2.47. The minimum Gasteiger partial charge on any atom is -0.371 e. The Morgan fingerprint density at radius 2 is 2.10 bits per heavy atom. The number of morpholine rings is 1. The Labute approximate surface area is 131 Å². The second kappa shape index (κ2) is 7.25. The summed E-state index contributed by atoms with van der Waals surface area (Å²) in [6.07, 6.45) is 0.00757. The molecule has 21 heavy (non-hydrogen) atoms. The largest absolute Gasteiger partial charge is 0.371 e. The van der Waals surface area contributed by atoms with Crippen LogP contribution in [0.3, 0.4) is 0 Å². The van der Waals surface area contributed by atoms with Crippen LogP contribution in [0.25, 0.3) is 0 Å². The number of carbonyl (C=O) groups excluding carboxylic acids is 1. The summed E-state index contributed by atoms with van der Waals surface area (Å²) in [7, 11) is 1.85. The molecule has 0 spiro atoms. The van der Waals surface area contributed by atoms with Gasteiger partial charge in [-0.1, -0.05) is 23.7 Å². The molecule has 0 aromatic heterocycles. The minimum absolute atomic E-state index is 0.00757. The molecule has 0 N–H and O–H groups in total. The first-order chi connectivity index (χ1) is 9.97. The number of benzene rings is 1. The molecule has 5 heteroatoms. The van der Waals surface area contributed by atoms with Gasteiger partial charge in [0, 0.05) is 31.2 Å². The van der Waals surface area contributed by atoms with Crippen LogP contribution in [-0.4, -0.2) is 55.0 Å². The third kappa shape index (κ3) is 4.43. The molecule has 1 atom stereocenters. The summed E-state index contributed by atoms with van der Waals surface area (Å²) in [6.45, 7) is 6.66. The lowest BCUT2D eigenvalue weighted by Crippen LogP contribution is -2.46. The zero-order chi connectivity index (χ0) is 15.4. The Kier molecular flexibility index (Phi) is 5.62. The zero-order valence-electron chi connectivity index (χ0n) is 12.9. The maximum absolute atomic E-state index is 12.2. The van der Waals surface area contributed by atoms with Crippen molar-refractivity contribution >= 4 is 17.5 Å². The molecule has 1 fully saturated rings. The van der Waals surface area contributed by atoms with Gasteiger partial charge < -0.3 is 9.64 Å². The van der Waals surface area contributed by atoms with E-state index in [1.54, 1.807) is 4.90 Å². The number of hydrogen-bond donors (Lipinski definition) is 0. The molecule has 0 saturated carbocycles. The summed E-state index contributed by atoms with van der Waals surface area (Å²) in [4.78, 5) is 16.1. The fourth-order valence-corrected chi connectivity index (χ4v) is 2.44. The Bertz CT molecular complexity index is 476. The predicted molar refractivity (Wildman–Crippen MR) is 84.5 cm³/mol. The van der Waals surface area contributed by atoms with Gasteiger partial charge in [-0.05, 0) is 31.5 Å². The number of rotatable bonds is 4. The first kappa shape index (κ1) is 16.3. The van der Waals surface area contributed by atoms with Crippen LogP contribution in [0.15, 0.2) is 24.3 Å². The second-order valence-electron chi connectivity index (χ2n) is 5.74. The maximum Gasteiger partial charge on any atom is 0.236 e. The Balaban J connectivity index is 1.94. The Morgan fingerprint density at radius 3 is 2.71 bits per heavy atom. The van der Waals surface area contributed by atoms with E-state index in [1.165, 1.54) is 0 Å². The van der Waals surface area contributed by atoms with Crippen LogP contribution in [-0.2, 0) is 9.53 Å². The number of hydrogen-bond acceptors (Lipinski definition) is 3. The van der Waals surface area contributed by atoms with Gasteiger partial charge in [-0.3, -0.25) is 9.69 Å². The lowest BCUT2D eigenvalue weighted by Gasteiger charge is -2.34. The predicted octanol–water partition coefficient (Wildman–Crippen LogP) is 2.58. The smallest absolute Gasteiger partial charge is 0.236 e. The lowest BCUT2D eigenvalue weighted by atomic mass is 10.1. The molecule has 1 aromatic carbocycles. The first-order valence-electron chi connectivity index (χ1n) is 7.32. The summed E-state index contributed by atoms with van der Waals surface area (Å²) < 4.78 is 5.81. The van der Waals surface area contributed by atoms with E-state index in [0.717, 1.165) is 23.7 Å². The zero-order valence-corrected chi connectivity index (χ0v) is 13.6. The number of amides is 1. The monoisotopic (exact) mass is 310 g/mol. The molecule has 1 heterocycles. The number of halogens is 1. The van der Waals surface area contributed by atoms with Gasteiger partial charge >= 0.3 is 0 Å². The van der Waals surface area contributed by atoms with Gasteiger partial charge in [0.2, 0.25) is 5.91 Å². The molecular formula is C16H23ClN2O2. The molecule has 0 radical (unpaired) electrons. The van der Waals surface area contributed by atoms with E-state index in [-0.39, 0.29) is 18.1 Å². The highest BCUT2D eigenvalue weighted by molar-refractivity contribution is 6.30. The molecular weight excluding hydrogens is 288 g/mol. The van der Waals surface area contributed by atoms with Gasteiger partial charge in [-0.2, -0.15) is 0 Å². The highest BCUT2D eigenvalue weighted by Gasteiger charge is 2.24. The van der Waals surface area contributed by atoms with Gasteiger partial charge in [0.25, 0.3) is 0 Å². The average molecular weight is 311 g/mol. The van der Waals surface area contributed by atoms with Crippen molar-refractivity contribution in [1.29, 1.82) is 0 Å². The van der Waals surface area contributed by atoms with Crippen LogP contribution in [0.2, 0.25) is 5.02 Å². The molecule has 0 aliphatic carbocycles. The quantitative estimate of drug-likeness (QED) is 0.857. The highest BCUT2D eigenvalue weighted by atomic mass is 35.5. The van der Waals surface area contributed by atoms with Gasteiger partial charge in [0.15, 0.2) is 0 Å². The number of likely N-dealkylation sites (N-methyl/N-ethyl adjacent to an activating group) is 1. The summed E-state index contributed by atoms with van der Waals surface area (Å²) in [5.74, 6) is 0.154. The molecule has 1 amide bonds. The van der Waals surface area contributed by atoms with Gasteiger partial charge in [-0.25, -0.2) is 0 Å². The van der Waals surface area contributed by atoms with E-state index in [9.17, 15) is 4.79 Å². The summed E-state index contributed by atoms with van der Waals surface area (Å²) >= 11 is 5.91. The van der Waals surface area contributed by atoms with Gasteiger partial charge in [0.1, 0.15) is 0 Å². The van der Waals surface area contributed by atoms with Crippen LogP contribution in [0, 0.1) is 0 Å². The second-order valence-corrected chi connectivity index (χ2v) is 6.18. The molecule has 116 valence electrons. The van der Waals surface area contributed by atoms with Crippen LogP contribution in [0.1, 0.15) is 25.5 Å². The van der Waals surface area contributed by atoms with E-state index < -0.39 is 0 Å². The van der Waals surface area contributed by atoms with Crippen LogP contribution in [0.5, 0.6) is 0 Å². The molecule has 4 nitrogen and oxygen atoms in total. The number of nitrogens with zero attached hydrogens (tertiary/aromatic N) is 2. The van der Waals surface area contributed by atoms with Crippen molar-refractivity contribution < 1.29 is 9.53 Å². The molecule has 1 aliphatic rings. The van der Waals surface area contributed by atoms with Crippen molar-refractivity contribution in [3.05, 3.63) is 34.9 Å². The van der Waals surface area contributed by atoms with E-state index in [0.29, 0.717) is 13.2 Å². The normalized spacial score (nSPS) is 19.8. The fraction of sp³-hybridized carbons (Fsp3) is 0.562. The Morgan fingerprint density at radius 1 is 1.43 bits per heavy atom. The van der Waals surface area contributed by atoms with Crippen LogP contribution < -0.4 is 0 Å². The van der Waals surface area contributed by atoms with Gasteiger partial charge in [0.05, 0.1) is 19.3 Å². The van der Waals surface area contributed by atoms with E-state index >= 15 is 0 Å². The number of carbonyl (C=O) groups is 1. The minimum atomic E-state index is 0.00757. The van der Waals surface area contributed by atoms with E-state index in [2.05, 4.69) is 4.90 Å². The SMILES string of the molecule is CC(C)N(C)C(=O)CN1CCO[C@@H](c2ccc(Cl)cc2)C1. The van der Waals surface area contributed by atoms with Crippen LogP contribution >= 0.6 is 11.6 Å². The summed E-state index contributed by atoms with van der Waals surface area (Å²) in [5, 5.41) is 0.722. The fourth-order valence-electron chi connectivity index (χ4n) is 2.32. The molecule has 1 aliphatic heterocycles. The van der Waals surface area contributed by atoms with Crippen molar-refractivity contribution in [3.8, 4) is 0 Å². The lowest BCUT2D eigenvalue weighted by molar-refractivity contribution is -0.134. The molecule has 1 aromatic rings. The highest BCUT2D eigenvalue weighted by Crippen LogP contribution is 2.23. The number of ether oxygens (including phenoxy) is 1. The van der Waals surface area contributed by atoms with Crippen LogP contribution in [0.4, 0.5) is 0 Å². The van der Waals surface area contributed by atoms with Crippen molar-refractivity contribution in [1.82, 2.24) is 9.80 Å².